The van der Waals surface area contributed by atoms with Crippen LogP contribution in [0.1, 0.15) is 23.5 Å². The van der Waals surface area contributed by atoms with E-state index in [1.54, 1.807) is 0 Å². The van der Waals surface area contributed by atoms with E-state index < -0.39 is 0 Å². The number of benzene rings is 2. The number of aliphatic hydroxyl groups excluding tert-OH is 1. The summed E-state index contributed by atoms with van der Waals surface area (Å²) in [6.45, 7) is 0.585. The summed E-state index contributed by atoms with van der Waals surface area (Å²) in [6, 6.07) is 17.8. The summed E-state index contributed by atoms with van der Waals surface area (Å²) in [5.74, 6) is -0.219. The number of rotatable bonds is 7. The largest absolute Gasteiger partial charge is 0.396 e. The topological polar surface area (TPSA) is 49.3 Å². The van der Waals surface area contributed by atoms with Gasteiger partial charge in [0.1, 0.15) is 0 Å². The minimum Gasteiger partial charge on any atom is -0.396 e. The fourth-order valence-corrected chi connectivity index (χ4v) is 2.58. The molecule has 1 unspecified atom stereocenters. The van der Waals surface area contributed by atoms with Gasteiger partial charge in [-0.05, 0) is 36.1 Å². The van der Waals surface area contributed by atoms with E-state index in [4.69, 9.17) is 5.11 Å². The van der Waals surface area contributed by atoms with Gasteiger partial charge in [-0.15, -0.1) is 0 Å². The zero-order valence-corrected chi connectivity index (χ0v) is 13.9. The zero-order chi connectivity index (χ0) is 15.8. The fourth-order valence-electron chi connectivity index (χ4n) is 2.32. The van der Waals surface area contributed by atoms with Gasteiger partial charge >= 0.3 is 0 Å². The lowest BCUT2D eigenvalue weighted by Gasteiger charge is -2.17. The molecule has 3 nitrogen and oxygen atoms in total. The lowest BCUT2D eigenvalue weighted by atomic mass is 9.91. The lowest BCUT2D eigenvalue weighted by Crippen LogP contribution is -2.31. The molecule has 1 atom stereocenters. The highest BCUT2D eigenvalue weighted by Crippen LogP contribution is 2.22. The van der Waals surface area contributed by atoms with Gasteiger partial charge < -0.3 is 10.4 Å². The third kappa shape index (κ3) is 4.97. The zero-order valence-electron chi connectivity index (χ0n) is 12.3. The molecular formula is C18H20BrNO2. The molecule has 116 valence electrons. The molecule has 2 rings (SSSR count). The monoisotopic (exact) mass is 361 g/mol. The minimum absolute atomic E-state index is 0.00238. The number of hydrogen-bond donors (Lipinski definition) is 2. The average Bonchev–Trinajstić information content (AvgIpc) is 2.55. The van der Waals surface area contributed by atoms with E-state index in [-0.39, 0.29) is 18.4 Å². The van der Waals surface area contributed by atoms with Crippen LogP contribution in [0.3, 0.4) is 0 Å². The maximum atomic E-state index is 12.5. The molecule has 0 heterocycles. The van der Waals surface area contributed by atoms with Crippen LogP contribution in [-0.2, 0) is 11.2 Å². The van der Waals surface area contributed by atoms with Crippen LogP contribution in [0.4, 0.5) is 0 Å². The smallest absolute Gasteiger partial charge is 0.227 e. The molecule has 0 spiro atoms. The van der Waals surface area contributed by atoms with Crippen LogP contribution >= 0.6 is 15.9 Å². The summed E-state index contributed by atoms with van der Waals surface area (Å²) in [7, 11) is 0. The van der Waals surface area contributed by atoms with Gasteiger partial charge in [0.15, 0.2) is 0 Å². The number of halogens is 1. The summed E-state index contributed by atoms with van der Waals surface area (Å²) in [5, 5.41) is 11.7. The molecular weight excluding hydrogens is 342 g/mol. The van der Waals surface area contributed by atoms with E-state index in [0.29, 0.717) is 19.4 Å². The van der Waals surface area contributed by atoms with Crippen LogP contribution in [0.15, 0.2) is 59.1 Å². The summed E-state index contributed by atoms with van der Waals surface area (Å²) in [6.07, 6.45) is 1.23. The maximum absolute atomic E-state index is 12.5. The Hall–Kier alpha value is -1.65. The van der Waals surface area contributed by atoms with Gasteiger partial charge in [-0.2, -0.15) is 0 Å². The van der Waals surface area contributed by atoms with Crippen LogP contribution in [0.5, 0.6) is 0 Å². The molecule has 2 aromatic carbocycles. The van der Waals surface area contributed by atoms with E-state index in [1.807, 2.05) is 54.6 Å². The number of nitrogens with one attached hydrogen (secondary N) is 1. The summed E-state index contributed by atoms with van der Waals surface area (Å²) in [5.41, 5.74) is 2.13. The van der Waals surface area contributed by atoms with Gasteiger partial charge in [-0.25, -0.2) is 0 Å². The van der Waals surface area contributed by atoms with Crippen LogP contribution in [0, 0.1) is 0 Å². The van der Waals surface area contributed by atoms with Crippen molar-refractivity contribution in [3.63, 3.8) is 0 Å². The predicted octanol–water partition coefficient (Wildman–Crippen LogP) is 3.27. The Bertz CT molecular complexity index is 584. The van der Waals surface area contributed by atoms with Crippen molar-refractivity contribution in [3.05, 3.63) is 70.2 Å². The van der Waals surface area contributed by atoms with Gasteiger partial charge in [0.05, 0.1) is 5.92 Å². The van der Waals surface area contributed by atoms with Crippen LogP contribution in [0.25, 0.3) is 0 Å². The van der Waals surface area contributed by atoms with Gasteiger partial charge in [0.2, 0.25) is 5.91 Å². The molecule has 0 saturated heterocycles. The fraction of sp³-hybridized carbons (Fsp3) is 0.278. The molecule has 4 heteroatoms. The third-order valence-corrected chi connectivity index (χ3v) is 4.03. The number of amides is 1. The Morgan fingerprint density at radius 3 is 2.41 bits per heavy atom. The molecule has 0 radical (unpaired) electrons. The first kappa shape index (κ1) is 16.7. The van der Waals surface area contributed by atoms with Crippen molar-refractivity contribution in [3.8, 4) is 0 Å². The van der Waals surface area contributed by atoms with Gasteiger partial charge in [0.25, 0.3) is 0 Å². The first-order valence-electron chi connectivity index (χ1n) is 7.38. The van der Waals surface area contributed by atoms with E-state index in [2.05, 4.69) is 21.2 Å². The van der Waals surface area contributed by atoms with Gasteiger partial charge in [0, 0.05) is 17.6 Å². The molecule has 1 amide bonds. The number of aliphatic hydroxyl groups is 1. The van der Waals surface area contributed by atoms with Crippen molar-refractivity contribution < 1.29 is 9.90 Å². The molecule has 0 aromatic heterocycles. The molecule has 0 aliphatic carbocycles. The molecule has 0 fully saturated rings. The third-order valence-electron chi connectivity index (χ3n) is 3.51. The average molecular weight is 362 g/mol. The predicted molar refractivity (Wildman–Crippen MR) is 91.7 cm³/mol. The molecule has 2 N–H and O–H groups in total. The van der Waals surface area contributed by atoms with E-state index >= 15 is 0 Å². The molecule has 2 aromatic rings. The summed E-state index contributed by atoms with van der Waals surface area (Å²) in [4.78, 5) is 12.5. The highest BCUT2D eigenvalue weighted by Gasteiger charge is 2.20. The van der Waals surface area contributed by atoms with Crippen LogP contribution in [-0.4, -0.2) is 24.2 Å². The SMILES string of the molecule is O=C(NCCCO)C(Cc1ccc(Br)cc1)c1ccccc1. The Morgan fingerprint density at radius 1 is 1.09 bits per heavy atom. The van der Waals surface area contributed by atoms with Crippen molar-refractivity contribution in [2.24, 2.45) is 0 Å². The summed E-state index contributed by atoms with van der Waals surface area (Å²) >= 11 is 3.42. The molecule has 0 aliphatic rings. The highest BCUT2D eigenvalue weighted by atomic mass is 79.9. The van der Waals surface area contributed by atoms with Gasteiger partial charge in [-0.3, -0.25) is 4.79 Å². The lowest BCUT2D eigenvalue weighted by molar-refractivity contribution is -0.122. The molecule has 0 aliphatic heterocycles. The first-order chi connectivity index (χ1) is 10.7. The van der Waals surface area contributed by atoms with Crippen molar-refractivity contribution in [2.45, 2.75) is 18.8 Å². The normalized spacial score (nSPS) is 11.9. The second kappa shape index (κ2) is 8.71. The Morgan fingerprint density at radius 2 is 1.77 bits per heavy atom. The summed E-state index contributed by atoms with van der Waals surface area (Å²) < 4.78 is 1.03. The number of carbonyl (C=O) groups is 1. The maximum Gasteiger partial charge on any atom is 0.227 e. The Kier molecular flexibility index (Phi) is 6.62. The molecule has 22 heavy (non-hydrogen) atoms. The Labute approximate surface area is 139 Å². The van der Waals surface area contributed by atoms with Crippen molar-refractivity contribution >= 4 is 21.8 Å². The number of hydrogen-bond acceptors (Lipinski definition) is 2. The minimum atomic E-state index is -0.221. The molecule has 0 saturated carbocycles. The van der Waals surface area contributed by atoms with E-state index in [0.717, 1.165) is 15.6 Å². The second-order valence-electron chi connectivity index (χ2n) is 5.16. The second-order valence-corrected chi connectivity index (χ2v) is 6.08. The van der Waals surface area contributed by atoms with Crippen LogP contribution < -0.4 is 5.32 Å². The van der Waals surface area contributed by atoms with Crippen molar-refractivity contribution in [1.82, 2.24) is 5.32 Å². The highest BCUT2D eigenvalue weighted by molar-refractivity contribution is 9.10. The standard InChI is InChI=1S/C18H20BrNO2/c19-16-9-7-14(8-10-16)13-17(15-5-2-1-3-6-15)18(22)20-11-4-12-21/h1-3,5-10,17,21H,4,11-13H2,(H,20,22). The first-order valence-corrected chi connectivity index (χ1v) is 8.18. The van der Waals surface area contributed by atoms with Crippen molar-refractivity contribution in [2.75, 3.05) is 13.2 Å². The van der Waals surface area contributed by atoms with E-state index in [1.165, 1.54) is 0 Å². The Balaban J connectivity index is 2.14. The molecule has 0 bridgehead atoms. The quantitative estimate of drug-likeness (QED) is 0.743. The van der Waals surface area contributed by atoms with Crippen LogP contribution in [0.2, 0.25) is 0 Å². The van der Waals surface area contributed by atoms with Gasteiger partial charge in [-0.1, -0.05) is 58.4 Å². The van der Waals surface area contributed by atoms with E-state index in [9.17, 15) is 4.79 Å². The number of carbonyl (C=O) groups excluding carboxylic acids is 1. The van der Waals surface area contributed by atoms with Crippen molar-refractivity contribution in [1.29, 1.82) is 0 Å².